The third-order valence-corrected chi connectivity index (χ3v) is 3.93. The Morgan fingerprint density at radius 3 is 2.32 bits per heavy atom. The highest BCUT2D eigenvalue weighted by Crippen LogP contribution is 2.10. The molecule has 0 aromatic heterocycles. The van der Waals surface area contributed by atoms with Crippen LogP contribution >= 0.6 is 12.2 Å². The van der Waals surface area contributed by atoms with Crippen LogP contribution < -0.4 is 10.6 Å². The van der Waals surface area contributed by atoms with Crippen LogP contribution in [0.15, 0.2) is 54.6 Å². The van der Waals surface area contributed by atoms with Gasteiger partial charge in [-0.05, 0) is 61.7 Å². The number of nitrogens with one attached hydrogen (secondary N) is 2. The van der Waals surface area contributed by atoms with Crippen molar-refractivity contribution in [1.29, 1.82) is 0 Å². The molecule has 0 saturated carbocycles. The zero-order valence-electron chi connectivity index (χ0n) is 13.3. The second-order valence-electron chi connectivity index (χ2n) is 5.57. The van der Waals surface area contributed by atoms with Gasteiger partial charge in [0.25, 0.3) is 0 Å². The maximum Gasteiger partial charge on any atom is 0.170 e. The van der Waals surface area contributed by atoms with Gasteiger partial charge in [-0.15, -0.1) is 0 Å². The lowest BCUT2D eigenvalue weighted by molar-refractivity contribution is 0.609. The first-order valence-corrected chi connectivity index (χ1v) is 8.28. The third kappa shape index (κ3) is 5.49. The molecule has 0 heterocycles. The van der Waals surface area contributed by atoms with E-state index in [-0.39, 0.29) is 0 Å². The molecule has 0 aliphatic heterocycles. The van der Waals surface area contributed by atoms with Crippen LogP contribution in [0.2, 0.25) is 0 Å². The lowest BCUT2D eigenvalue weighted by Gasteiger charge is -2.17. The van der Waals surface area contributed by atoms with Crippen molar-refractivity contribution < 1.29 is 0 Å². The quantitative estimate of drug-likeness (QED) is 0.765. The summed E-state index contributed by atoms with van der Waals surface area (Å²) < 4.78 is 0. The van der Waals surface area contributed by atoms with Gasteiger partial charge in [0, 0.05) is 11.7 Å². The van der Waals surface area contributed by atoms with Gasteiger partial charge in [-0.1, -0.05) is 49.4 Å². The van der Waals surface area contributed by atoms with Gasteiger partial charge in [-0.25, -0.2) is 0 Å². The molecule has 0 aliphatic rings. The molecule has 0 fully saturated rings. The molecule has 2 nitrogen and oxygen atoms in total. The summed E-state index contributed by atoms with van der Waals surface area (Å²) in [6, 6.07) is 19.3. The molecule has 0 saturated heterocycles. The molecule has 0 bridgehead atoms. The first kappa shape index (κ1) is 16.5. The summed E-state index contributed by atoms with van der Waals surface area (Å²) in [6.07, 6.45) is 3.17. The van der Waals surface area contributed by atoms with Gasteiger partial charge in [-0.3, -0.25) is 0 Å². The zero-order chi connectivity index (χ0) is 15.8. The van der Waals surface area contributed by atoms with E-state index in [0.29, 0.717) is 11.2 Å². The van der Waals surface area contributed by atoms with Crippen molar-refractivity contribution in [1.82, 2.24) is 5.32 Å². The van der Waals surface area contributed by atoms with E-state index in [1.165, 1.54) is 11.1 Å². The molecule has 0 unspecified atom stereocenters. The summed E-state index contributed by atoms with van der Waals surface area (Å²) in [6.45, 7) is 4.32. The van der Waals surface area contributed by atoms with Crippen LogP contribution in [0.5, 0.6) is 0 Å². The highest BCUT2D eigenvalue weighted by atomic mass is 32.1. The van der Waals surface area contributed by atoms with Crippen LogP contribution in [-0.4, -0.2) is 11.2 Å². The monoisotopic (exact) mass is 312 g/mol. The summed E-state index contributed by atoms with van der Waals surface area (Å²) in [5, 5.41) is 7.28. The van der Waals surface area contributed by atoms with Crippen LogP contribution in [0.1, 0.15) is 31.4 Å². The molecule has 2 N–H and O–H groups in total. The maximum absolute atomic E-state index is 5.38. The largest absolute Gasteiger partial charge is 0.360 e. The molecule has 3 heteroatoms. The number of hydrogen-bond acceptors (Lipinski definition) is 1. The molecule has 2 aromatic rings. The lowest BCUT2D eigenvalue weighted by Crippen LogP contribution is -2.36. The van der Waals surface area contributed by atoms with E-state index in [9.17, 15) is 0 Å². The molecular weight excluding hydrogens is 288 g/mol. The van der Waals surface area contributed by atoms with Gasteiger partial charge in [0.2, 0.25) is 0 Å². The second-order valence-corrected chi connectivity index (χ2v) is 5.98. The Balaban J connectivity index is 1.75. The molecule has 1 atom stereocenters. The Labute approximate surface area is 139 Å². The van der Waals surface area contributed by atoms with Crippen LogP contribution in [0.25, 0.3) is 0 Å². The molecule has 0 aliphatic carbocycles. The fourth-order valence-corrected chi connectivity index (χ4v) is 2.63. The van der Waals surface area contributed by atoms with E-state index in [2.05, 4.69) is 73.0 Å². The Kier molecular flexibility index (Phi) is 6.41. The minimum absolute atomic E-state index is 0.343. The average Bonchev–Trinajstić information content (AvgIpc) is 2.54. The molecule has 0 spiro atoms. The van der Waals surface area contributed by atoms with Crippen LogP contribution in [0.4, 0.5) is 5.69 Å². The van der Waals surface area contributed by atoms with Gasteiger partial charge < -0.3 is 10.6 Å². The van der Waals surface area contributed by atoms with Crippen molar-refractivity contribution in [3.63, 3.8) is 0 Å². The van der Waals surface area contributed by atoms with Crippen molar-refractivity contribution in [3.8, 4) is 0 Å². The van der Waals surface area contributed by atoms with E-state index in [1.54, 1.807) is 0 Å². The SMILES string of the molecule is CCc1ccc(NC(=S)N[C@@H](C)CCc2ccccc2)cc1. The van der Waals surface area contributed by atoms with Crippen molar-refractivity contribution in [3.05, 3.63) is 65.7 Å². The molecule has 2 aromatic carbocycles. The van der Waals surface area contributed by atoms with Crippen molar-refractivity contribution in [2.75, 3.05) is 5.32 Å². The van der Waals surface area contributed by atoms with E-state index in [0.717, 1.165) is 24.9 Å². The molecular formula is C19H24N2S. The highest BCUT2D eigenvalue weighted by molar-refractivity contribution is 7.80. The average molecular weight is 312 g/mol. The van der Waals surface area contributed by atoms with Crippen molar-refractivity contribution in [2.45, 2.75) is 39.2 Å². The van der Waals surface area contributed by atoms with E-state index in [4.69, 9.17) is 12.2 Å². The lowest BCUT2D eigenvalue weighted by atomic mass is 10.1. The number of anilines is 1. The Hall–Kier alpha value is -1.87. The fourth-order valence-electron chi connectivity index (χ4n) is 2.31. The highest BCUT2D eigenvalue weighted by Gasteiger charge is 2.05. The smallest absolute Gasteiger partial charge is 0.170 e. The second kappa shape index (κ2) is 8.54. The van der Waals surface area contributed by atoms with E-state index in [1.807, 2.05) is 6.07 Å². The fraction of sp³-hybridized carbons (Fsp3) is 0.316. The van der Waals surface area contributed by atoms with Gasteiger partial charge in [-0.2, -0.15) is 0 Å². The minimum atomic E-state index is 0.343. The topological polar surface area (TPSA) is 24.1 Å². The first-order chi connectivity index (χ1) is 10.7. The number of hydrogen-bond donors (Lipinski definition) is 2. The Morgan fingerprint density at radius 2 is 1.68 bits per heavy atom. The van der Waals surface area contributed by atoms with E-state index < -0.39 is 0 Å². The summed E-state index contributed by atoms with van der Waals surface area (Å²) in [7, 11) is 0. The maximum atomic E-state index is 5.38. The summed E-state index contributed by atoms with van der Waals surface area (Å²) >= 11 is 5.38. The van der Waals surface area contributed by atoms with Crippen molar-refractivity contribution >= 4 is 23.0 Å². The number of thiocarbonyl (C=S) groups is 1. The first-order valence-electron chi connectivity index (χ1n) is 7.87. The standard InChI is InChI=1S/C19H24N2S/c1-3-16-11-13-18(14-12-16)21-19(22)20-15(2)9-10-17-7-5-4-6-8-17/h4-8,11-15H,3,9-10H2,1-2H3,(H2,20,21,22)/t15-/m0/s1. The molecule has 2 rings (SSSR count). The molecule has 116 valence electrons. The van der Waals surface area contributed by atoms with Crippen LogP contribution in [0, 0.1) is 0 Å². The van der Waals surface area contributed by atoms with E-state index >= 15 is 0 Å². The minimum Gasteiger partial charge on any atom is -0.360 e. The van der Waals surface area contributed by atoms with Gasteiger partial charge >= 0.3 is 0 Å². The predicted octanol–water partition coefficient (Wildman–Crippen LogP) is 4.56. The normalized spacial score (nSPS) is 11.7. The van der Waals surface area contributed by atoms with Crippen LogP contribution in [-0.2, 0) is 12.8 Å². The zero-order valence-corrected chi connectivity index (χ0v) is 14.1. The molecule has 0 radical (unpaired) electrons. The Morgan fingerprint density at radius 1 is 1.00 bits per heavy atom. The summed E-state index contributed by atoms with van der Waals surface area (Å²) in [5.41, 5.74) is 3.73. The summed E-state index contributed by atoms with van der Waals surface area (Å²) in [4.78, 5) is 0. The number of benzene rings is 2. The van der Waals surface area contributed by atoms with Gasteiger partial charge in [0.05, 0.1) is 0 Å². The Bertz CT molecular complexity index is 578. The summed E-state index contributed by atoms with van der Waals surface area (Å²) in [5.74, 6) is 0. The predicted molar refractivity (Wildman–Crippen MR) is 99.4 cm³/mol. The molecule has 22 heavy (non-hydrogen) atoms. The van der Waals surface area contributed by atoms with Crippen molar-refractivity contribution in [2.24, 2.45) is 0 Å². The van der Waals surface area contributed by atoms with Gasteiger partial charge in [0.15, 0.2) is 5.11 Å². The number of aryl methyl sites for hydroxylation is 2. The molecule has 0 amide bonds. The van der Waals surface area contributed by atoms with Crippen LogP contribution in [0.3, 0.4) is 0 Å². The number of rotatable bonds is 6. The van der Waals surface area contributed by atoms with Gasteiger partial charge in [0.1, 0.15) is 0 Å². The third-order valence-electron chi connectivity index (χ3n) is 3.71.